The highest BCUT2D eigenvalue weighted by Crippen LogP contribution is 2.22. The van der Waals surface area contributed by atoms with Crippen molar-refractivity contribution in [1.29, 1.82) is 0 Å². The number of rotatable bonds is 7. The number of anilines is 3. The van der Waals surface area contributed by atoms with Crippen molar-refractivity contribution < 1.29 is 4.79 Å². The number of hydrogen-bond donors (Lipinski definition) is 4. The van der Waals surface area contributed by atoms with Crippen molar-refractivity contribution >= 4 is 23.2 Å². The summed E-state index contributed by atoms with van der Waals surface area (Å²) in [4.78, 5) is 20.1. The molecule has 122 valence electrons. The molecule has 1 unspecified atom stereocenters. The smallest absolute Gasteiger partial charge is 0.252 e. The normalized spacial score (nSPS) is 11.8. The van der Waals surface area contributed by atoms with E-state index in [-0.39, 0.29) is 6.04 Å². The van der Waals surface area contributed by atoms with Crippen molar-refractivity contribution in [3.63, 3.8) is 0 Å². The van der Waals surface area contributed by atoms with Crippen molar-refractivity contribution in [3.8, 4) is 0 Å². The van der Waals surface area contributed by atoms with E-state index in [1.165, 1.54) is 6.20 Å². The molecule has 7 nitrogen and oxygen atoms in total. The number of aryl methyl sites for hydroxylation is 1. The second kappa shape index (κ2) is 7.55. The number of aromatic nitrogens is 2. The first-order chi connectivity index (χ1) is 11.0. The maximum absolute atomic E-state index is 11.6. The molecule has 2 rings (SSSR count). The summed E-state index contributed by atoms with van der Waals surface area (Å²) in [7, 11) is 0. The Labute approximate surface area is 135 Å². The van der Waals surface area contributed by atoms with Crippen LogP contribution in [0.3, 0.4) is 0 Å². The van der Waals surface area contributed by atoms with Crippen LogP contribution >= 0.6 is 0 Å². The molecule has 1 amide bonds. The van der Waals surface area contributed by atoms with Crippen molar-refractivity contribution in [3.05, 3.63) is 41.7 Å². The Morgan fingerprint density at radius 1 is 1.35 bits per heavy atom. The maximum atomic E-state index is 11.6. The van der Waals surface area contributed by atoms with Gasteiger partial charge in [-0.3, -0.25) is 4.79 Å². The summed E-state index contributed by atoms with van der Waals surface area (Å²) in [5.41, 5.74) is 13.0. The van der Waals surface area contributed by atoms with Crippen LogP contribution in [-0.4, -0.2) is 28.5 Å². The predicted octanol–water partition coefficient (Wildman–Crippen LogP) is 1.78. The molecular weight excluding hydrogens is 292 g/mol. The van der Waals surface area contributed by atoms with Crippen LogP contribution in [0.15, 0.2) is 30.5 Å². The van der Waals surface area contributed by atoms with E-state index >= 15 is 0 Å². The monoisotopic (exact) mass is 314 g/mol. The zero-order chi connectivity index (χ0) is 16.8. The minimum absolute atomic E-state index is 0.0439. The molecule has 1 atom stereocenters. The fourth-order valence-electron chi connectivity index (χ4n) is 1.98. The van der Waals surface area contributed by atoms with Gasteiger partial charge in [0.25, 0.3) is 5.91 Å². The van der Waals surface area contributed by atoms with E-state index in [1.807, 2.05) is 32.0 Å². The van der Waals surface area contributed by atoms with E-state index in [2.05, 4.69) is 20.6 Å². The molecule has 0 aliphatic rings. The molecule has 0 saturated heterocycles. The highest BCUT2D eigenvalue weighted by molar-refractivity contribution is 5.99. The van der Waals surface area contributed by atoms with Gasteiger partial charge < -0.3 is 22.1 Å². The fourth-order valence-corrected chi connectivity index (χ4v) is 1.98. The van der Waals surface area contributed by atoms with Crippen molar-refractivity contribution in [2.75, 3.05) is 17.2 Å². The van der Waals surface area contributed by atoms with E-state index in [1.54, 1.807) is 6.07 Å². The fraction of sp³-hybridized carbons (Fsp3) is 0.312. The summed E-state index contributed by atoms with van der Waals surface area (Å²) in [6, 6.07) is 7.37. The molecule has 0 spiro atoms. The lowest BCUT2D eigenvalue weighted by molar-refractivity contribution is 0.100. The van der Waals surface area contributed by atoms with E-state index in [4.69, 9.17) is 11.5 Å². The first kappa shape index (κ1) is 16.7. The quantitative estimate of drug-likeness (QED) is 0.618. The van der Waals surface area contributed by atoms with Gasteiger partial charge in [-0.1, -0.05) is 13.0 Å². The molecule has 0 saturated carbocycles. The van der Waals surface area contributed by atoms with Gasteiger partial charge in [0.05, 0.1) is 11.3 Å². The lowest BCUT2D eigenvalue weighted by Gasteiger charge is -2.14. The number of nitrogens with one attached hydrogen (secondary N) is 2. The molecule has 0 bridgehead atoms. The zero-order valence-corrected chi connectivity index (χ0v) is 13.3. The van der Waals surface area contributed by atoms with Gasteiger partial charge in [-0.15, -0.1) is 0 Å². The molecule has 0 aromatic carbocycles. The number of amides is 1. The average Bonchev–Trinajstić information content (AvgIpc) is 2.52. The number of pyridine rings is 2. The molecule has 0 aliphatic heterocycles. The molecule has 2 aromatic heterocycles. The average molecular weight is 314 g/mol. The van der Waals surface area contributed by atoms with E-state index in [0.29, 0.717) is 29.4 Å². The van der Waals surface area contributed by atoms with E-state index in [9.17, 15) is 4.79 Å². The number of carbonyl (C=O) groups is 1. The van der Waals surface area contributed by atoms with E-state index < -0.39 is 5.91 Å². The summed E-state index contributed by atoms with van der Waals surface area (Å²) in [6.07, 6.45) is 2.31. The minimum atomic E-state index is -0.551. The van der Waals surface area contributed by atoms with Crippen LogP contribution < -0.4 is 22.1 Å². The Kier molecular flexibility index (Phi) is 5.48. The van der Waals surface area contributed by atoms with Gasteiger partial charge in [-0.2, -0.15) is 0 Å². The third-order valence-electron chi connectivity index (χ3n) is 3.39. The first-order valence-corrected chi connectivity index (χ1v) is 7.49. The number of hydrogen-bond acceptors (Lipinski definition) is 6. The predicted molar refractivity (Wildman–Crippen MR) is 91.8 cm³/mol. The number of nitrogens with zero attached hydrogens (tertiary/aromatic N) is 2. The second-order valence-electron chi connectivity index (χ2n) is 5.32. The van der Waals surface area contributed by atoms with Crippen LogP contribution in [0.5, 0.6) is 0 Å². The Bertz CT molecular complexity index is 688. The summed E-state index contributed by atoms with van der Waals surface area (Å²) in [5.74, 6) is 0.702. The minimum Gasteiger partial charge on any atom is -0.368 e. The topological polar surface area (TPSA) is 119 Å². The lowest BCUT2D eigenvalue weighted by Crippen LogP contribution is -2.28. The van der Waals surface area contributed by atoms with Gasteiger partial charge in [-0.05, 0) is 25.5 Å². The van der Waals surface area contributed by atoms with Gasteiger partial charge in [0.1, 0.15) is 11.6 Å². The van der Waals surface area contributed by atoms with Crippen molar-refractivity contribution in [2.24, 2.45) is 11.5 Å². The van der Waals surface area contributed by atoms with Crippen molar-refractivity contribution in [1.82, 2.24) is 9.97 Å². The highest BCUT2D eigenvalue weighted by Gasteiger charge is 2.11. The standard InChI is InChI=1S/C16H22N6O/c1-3-11(17)8-19-15-7-13(12(9-20-15)16(18)23)22-14-6-4-5-10(2)21-14/h4-7,9,11H,3,8,17H2,1-2H3,(H2,18,23)(H2,19,20,21,22). The SMILES string of the molecule is CCC(N)CNc1cc(Nc2cccc(C)n2)c(C(N)=O)cn1. The summed E-state index contributed by atoms with van der Waals surface area (Å²) in [5, 5.41) is 6.26. The van der Waals surface area contributed by atoms with Crippen LogP contribution in [0.25, 0.3) is 0 Å². The maximum Gasteiger partial charge on any atom is 0.252 e. The Morgan fingerprint density at radius 3 is 2.78 bits per heavy atom. The highest BCUT2D eigenvalue weighted by atomic mass is 16.1. The zero-order valence-electron chi connectivity index (χ0n) is 13.3. The molecule has 2 aromatic rings. The van der Waals surface area contributed by atoms with Crippen LogP contribution in [0.1, 0.15) is 29.4 Å². The third-order valence-corrected chi connectivity index (χ3v) is 3.39. The molecule has 2 heterocycles. The van der Waals surface area contributed by atoms with Crippen molar-refractivity contribution in [2.45, 2.75) is 26.3 Å². The summed E-state index contributed by atoms with van der Waals surface area (Å²) >= 11 is 0. The summed E-state index contributed by atoms with van der Waals surface area (Å²) in [6.45, 7) is 4.51. The van der Waals surface area contributed by atoms with Crippen LogP contribution in [-0.2, 0) is 0 Å². The van der Waals surface area contributed by atoms with Gasteiger partial charge in [0.2, 0.25) is 0 Å². The number of nitrogens with two attached hydrogens (primary N) is 2. The van der Waals surface area contributed by atoms with E-state index in [0.717, 1.165) is 12.1 Å². The van der Waals surface area contributed by atoms with Crippen LogP contribution in [0, 0.1) is 6.92 Å². The van der Waals surface area contributed by atoms with Gasteiger partial charge in [-0.25, -0.2) is 9.97 Å². The number of carbonyl (C=O) groups excluding carboxylic acids is 1. The Hall–Kier alpha value is -2.67. The van der Waals surface area contributed by atoms with Gasteiger partial charge in [0, 0.05) is 30.5 Å². The third kappa shape index (κ3) is 4.65. The lowest BCUT2D eigenvalue weighted by atomic mass is 10.2. The summed E-state index contributed by atoms with van der Waals surface area (Å²) < 4.78 is 0. The molecule has 0 radical (unpaired) electrons. The molecule has 23 heavy (non-hydrogen) atoms. The molecule has 7 heteroatoms. The first-order valence-electron chi connectivity index (χ1n) is 7.49. The Morgan fingerprint density at radius 2 is 2.13 bits per heavy atom. The largest absolute Gasteiger partial charge is 0.368 e. The molecular formula is C16H22N6O. The second-order valence-corrected chi connectivity index (χ2v) is 5.32. The number of primary amides is 1. The Balaban J connectivity index is 2.25. The van der Waals surface area contributed by atoms with Gasteiger partial charge >= 0.3 is 0 Å². The molecule has 6 N–H and O–H groups in total. The molecule has 0 aliphatic carbocycles. The van der Waals surface area contributed by atoms with Crippen LogP contribution in [0.4, 0.5) is 17.3 Å². The molecule has 0 fully saturated rings. The van der Waals surface area contributed by atoms with Gasteiger partial charge in [0.15, 0.2) is 0 Å². The van der Waals surface area contributed by atoms with Crippen LogP contribution in [0.2, 0.25) is 0 Å².